The third-order valence-corrected chi connectivity index (χ3v) is 0.937. The van der Waals surface area contributed by atoms with Gasteiger partial charge in [-0.15, -0.1) is 0 Å². The van der Waals surface area contributed by atoms with Gasteiger partial charge in [-0.1, -0.05) is 0 Å². The Bertz CT molecular complexity index is 32.1. The van der Waals surface area contributed by atoms with Crippen molar-refractivity contribution in [2.24, 2.45) is 0 Å². The van der Waals surface area contributed by atoms with Crippen molar-refractivity contribution in [1.29, 1.82) is 0 Å². The molecule has 0 radical (unpaired) electrons. The fraction of sp³-hybridized carbons (Fsp3) is 1.00. The van der Waals surface area contributed by atoms with Crippen LogP contribution in [0.15, 0.2) is 0 Å². The summed E-state index contributed by atoms with van der Waals surface area (Å²) in [5, 5.41) is 0. The minimum absolute atomic E-state index is 0. The summed E-state index contributed by atoms with van der Waals surface area (Å²) in [6.07, 6.45) is 0. The van der Waals surface area contributed by atoms with Crippen molar-refractivity contribution in [3.8, 4) is 0 Å². The Morgan fingerprint density at radius 2 is 1.57 bits per heavy atom. The van der Waals surface area contributed by atoms with Gasteiger partial charge in [0.2, 0.25) is 0 Å². The van der Waals surface area contributed by atoms with E-state index in [1.165, 1.54) is 14.2 Å². The zero-order chi connectivity index (χ0) is 4.99. The first kappa shape index (κ1) is 11.4. The third-order valence-electron chi connectivity index (χ3n) is 0.312. The van der Waals surface area contributed by atoms with E-state index < -0.39 is 8.60 Å². The van der Waals surface area contributed by atoms with E-state index in [9.17, 15) is 0 Å². The molecule has 3 nitrogen and oxygen atoms in total. The molecule has 0 heterocycles. The van der Waals surface area contributed by atoms with E-state index in [2.05, 4.69) is 9.05 Å². The average molecular weight is 152 g/mol. The van der Waals surface area contributed by atoms with Gasteiger partial charge in [-0.3, -0.25) is 0 Å². The molecule has 0 aliphatic rings. The van der Waals surface area contributed by atoms with Crippen molar-refractivity contribution >= 4 is 46.3 Å². The Hall–Kier alpha value is 1.57. The molecule has 0 aromatic heterocycles. The van der Waals surface area contributed by atoms with Gasteiger partial charge in [-0.2, -0.15) is 0 Å². The van der Waals surface area contributed by atoms with Gasteiger partial charge in [-0.05, 0) is 0 Å². The number of hydrogen-bond donors (Lipinski definition) is 1. The van der Waals surface area contributed by atoms with E-state index >= 15 is 0 Å². The zero-order valence-electron chi connectivity index (χ0n) is 3.71. The molecule has 0 aliphatic carbocycles. The topological polar surface area (TPSA) is 38.7 Å². The van der Waals surface area contributed by atoms with Gasteiger partial charge in [0.05, 0.1) is 0 Å². The second-order valence-electron chi connectivity index (χ2n) is 0.603. The normalized spacial score (nSPS) is 8.57. The quantitative estimate of drug-likeness (QED) is 0.431. The van der Waals surface area contributed by atoms with E-state index in [0.29, 0.717) is 0 Å². The molecule has 5 heteroatoms. The fourth-order valence-electron chi connectivity index (χ4n) is 0.0745. The van der Waals surface area contributed by atoms with Gasteiger partial charge in [0.25, 0.3) is 0 Å². The standard InChI is InChI=1S/C2H7O3P.Ca.2H/c1-4-6(3)5-2;;;/h3H,1-2H3;;;. The van der Waals surface area contributed by atoms with Crippen molar-refractivity contribution in [3.63, 3.8) is 0 Å². The first-order valence-corrected chi connectivity index (χ1v) is 2.51. The molecule has 0 rings (SSSR count). The van der Waals surface area contributed by atoms with E-state index in [1.54, 1.807) is 0 Å². The molecule has 0 aromatic rings. The Kier molecular flexibility index (Phi) is 12.3. The summed E-state index contributed by atoms with van der Waals surface area (Å²) in [6, 6.07) is 0. The Labute approximate surface area is 74.0 Å². The van der Waals surface area contributed by atoms with Gasteiger partial charge in [0.15, 0.2) is 0 Å². The Morgan fingerprint density at radius 3 is 1.57 bits per heavy atom. The van der Waals surface area contributed by atoms with Crippen LogP contribution in [-0.4, -0.2) is 56.9 Å². The van der Waals surface area contributed by atoms with Crippen LogP contribution in [-0.2, 0) is 9.05 Å². The van der Waals surface area contributed by atoms with E-state index in [1.807, 2.05) is 0 Å². The van der Waals surface area contributed by atoms with Crippen LogP contribution in [0.5, 0.6) is 0 Å². The molecular formula is C2H9CaO3P. The molecule has 1 N–H and O–H groups in total. The maximum atomic E-state index is 8.29. The monoisotopic (exact) mass is 152 g/mol. The molecule has 0 amide bonds. The summed E-state index contributed by atoms with van der Waals surface area (Å²) in [6.45, 7) is 0. The van der Waals surface area contributed by atoms with Gasteiger partial charge in [-0.25, -0.2) is 0 Å². The molecule has 0 aromatic carbocycles. The summed E-state index contributed by atoms with van der Waals surface area (Å²) in [5.74, 6) is 0. The SMILES string of the molecule is COP(O)OC.[CaH2]. The van der Waals surface area contributed by atoms with Gasteiger partial charge < -0.3 is 13.9 Å². The average Bonchev–Trinajstić information content (AvgIpc) is 1.65. The van der Waals surface area contributed by atoms with Gasteiger partial charge in [0.1, 0.15) is 0 Å². The minimum atomic E-state index is -1.58. The first-order chi connectivity index (χ1) is 2.81. The van der Waals surface area contributed by atoms with Crippen LogP contribution in [0.1, 0.15) is 0 Å². The summed E-state index contributed by atoms with van der Waals surface area (Å²) in [7, 11) is 1.19. The number of hydrogen-bond acceptors (Lipinski definition) is 3. The summed E-state index contributed by atoms with van der Waals surface area (Å²) in [5.41, 5.74) is 0. The van der Waals surface area contributed by atoms with Crippen LogP contribution in [0.3, 0.4) is 0 Å². The summed E-state index contributed by atoms with van der Waals surface area (Å²) >= 11 is 0. The van der Waals surface area contributed by atoms with Crippen LogP contribution in [0.25, 0.3) is 0 Å². The Balaban J connectivity index is 0. The van der Waals surface area contributed by atoms with Crippen LogP contribution < -0.4 is 0 Å². The molecule has 0 spiro atoms. The first-order valence-electron chi connectivity index (χ1n) is 1.38. The van der Waals surface area contributed by atoms with Gasteiger partial charge >= 0.3 is 46.3 Å². The molecular weight excluding hydrogens is 143 g/mol. The van der Waals surface area contributed by atoms with E-state index in [4.69, 9.17) is 4.89 Å². The van der Waals surface area contributed by atoms with Crippen molar-refractivity contribution < 1.29 is 13.9 Å². The molecule has 0 unspecified atom stereocenters. The Morgan fingerprint density at radius 1 is 1.29 bits per heavy atom. The van der Waals surface area contributed by atoms with Gasteiger partial charge in [0, 0.05) is 14.2 Å². The van der Waals surface area contributed by atoms with Crippen LogP contribution in [0.2, 0.25) is 0 Å². The molecule has 42 valence electrons. The van der Waals surface area contributed by atoms with E-state index in [-0.39, 0.29) is 37.7 Å². The predicted octanol–water partition coefficient (Wildman–Crippen LogP) is -0.418. The maximum absolute atomic E-state index is 8.29. The molecule has 0 saturated carbocycles. The predicted molar refractivity (Wildman–Crippen MR) is 31.7 cm³/mol. The van der Waals surface area contributed by atoms with Crippen molar-refractivity contribution in [1.82, 2.24) is 0 Å². The second kappa shape index (κ2) is 7.57. The fourth-order valence-corrected chi connectivity index (χ4v) is 0.224. The summed E-state index contributed by atoms with van der Waals surface area (Å²) < 4.78 is 8.59. The van der Waals surface area contributed by atoms with Crippen LogP contribution in [0.4, 0.5) is 0 Å². The molecule has 0 aliphatic heterocycles. The molecule has 0 bridgehead atoms. The van der Waals surface area contributed by atoms with Crippen molar-refractivity contribution in [2.75, 3.05) is 14.2 Å². The van der Waals surface area contributed by atoms with Crippen LogP contribution >= 0.6 is 8.60 Å². The molecule has 0 fully saturated rings. The third kappa shape index (κ3) is 7.57. The van der Waals surface area contributed by atoms with E-state index in [0.717, 1.165) is 0 Å². The molecule has 0 atom stereocenters. The summed E-state index contributed by atoms with van der Waals surface area (Å²) in [4.78, 5) is 8.29. The number of rotatable bonds is 2. The second-order valence-corrected chi connectivity index (χ2v) is 1.81. The zero-order valence-corrected chi connectivity index (χ0v) is 4.61. The van der Waals surface area contributed by atoms with Crippen molar-refractivity contribution in [2.45, 2.75) is 0 Å². The van der Waals surface area contributed by atoms with Crippen LogP contribution in [0, 0.1) is 0 Å². The molecule has 0 saturated heterocycles. The van der Waals surface area contributed by atoms with Crippen molar-refractivity contribution in [3.05, 3.63) is 0 Å². The molecule has 7 heavy (non-hydrogen) atoms.